The highest BCUT2D eigenvalue weighted by molar-refractivity contribution is 6.62. The van der Waals surface area contributed by atoms with Gasteiger partial charge in [0.15, 0.2) is 6.29 Å². The van der Waals surface area contributed by atoms with Gasteiger partial charge < -0.3 is 9.31 Å². The van der Waals surface area contributed by atoms with Crippen molar-refractivity contribution in [2.24, 2.45) is 0 Å². The van der Waals surface area contributed by atoms with Crippen molar-refractivity contribution in [3.63, 3.8) is 0 Å². The van der Waals surface area contributed by atoms with E-state index in [4.69, 9.17) is 9.31 Å². The van der Waals surface area contributed by atoms with Gasteiger partial charge in [-0.1, -0.05) is 13.0 Å². The number of rotatable bonds is 3. The maximum atomic E-state index is 12.5. The number of pyridine rings is 2. The lowest BCUT2D eigenvalue weighted by molar-refractivity contribution is 0.00578. The SMILES string of the molecule is CCc1cc(C=O)c(=O)n2cc(B3OC(C)(C)C(C)(C)O3)ccc12. The van der Waals surface area contributed by atoms with E-state index in [1.54, 1.807) is 12.3 Å². The first-order chi connectivity index (χ1) is 11.2. The number of fused-ring (bicyclic) bond motifs is 1. The minimum absolute atomic E-state index is 0.162. The van der Waals surface area contributed by atoms with Crippen molar-refractivity contribution in [2.75, 3.05) is 0 Å². The molecule has 24 heavy (non-hydrogen) atoms. The maximum Gasteiger partial charge on any atom is 0.496 e. The molecule has 1 aliphatic heterocycles. The molecule has 3 heterocycles. The number of aryl methyl sites for hydroxylation is 1. The van der Waals surface area contributed by atoms with E-state index in [-0.39, 0.29) is 11.1 Å². The molecule has 0 amide bonds. The average Bonchev–Trinajstić information content (AvgIpc) is 2.76. The standard InChI is InChI=1S/C18H22BNO4/c1-6-12-9-13(11-21)16(22)20-10-14(7-8-15(12)20)19-23-17(2,3)18(4,5)24-19/h7-11H,6H2,1-5H3. The Morgan fingerprint density at radius 1 is 1.17 bits per heavy atom. The largest absolute Gasteiger partial charge is 0.496 e. The van der Waals surface area contributed by atoms with Crippen molar-refractivity contribution in [3.8, 4) is 0 Å². The maximum absolute atomic E-state index is 12.5. The Balaban J connectivity index is 2.14. The van der Waals surface area contributed by atoms with Gasteiger partial charge in [-0.2, -0.15) is 0 Å². The van der Waals surface area contributed by atoms with E-state index in [0.29, 0.717) is 6.29 Å². The second kappa shape index (κ2) is 5.57. The van der Waals surface area contributed by atoms with E-state index < -0.39 is 18.3 Å². The molecule has 126 valence electrons. The minimum Gasteiger partial charge on any atom is -0.399 e. The van der Waals surface area contributed by atoms with Gasteiger partial charge in [0.25, 0.3) is 5.56 Å². The van der Waals surface area contributed by atoms with Crippen LogP contribution >= 0.6 is 0 Å². The van der Waals surface area contributed by atoms with E-state index in [2.05, 4.69) is 0 Å². The Kier molecular flexibility index (Phi) is 3.93. The zero-order valence-electron chi connectivity index (χ0n) is 14.8. The number of carbonyl (C=O) groups excluding carboxylic acids is 1. The summed E-state index contributed by atoms with van der Waals surface area (Å²) in [5.74, 6) is 0. The third kappa shape index (κ3) is 2.50. The van der Waals surface area contributed by atoms with Crippen LogP contribution in [0.15, 0.2) is 29.2 Å². The van der Waals surface area contributed by atoms with Gasteiger partial charge in [-0.05, 0) is 57.3 Å². The van der Waals surface area contributed by atoms with Gasteiger partial charge in [0.05, 0.1) is 22.3 Å². The van der Waals surface area contributed by atoms with E-state index >= 15 is 0 Å². The molecular weight excluding hydrogens is 305 g/mol. The summed E-state index contributed by atoms with van der Waals surface area (Å²) in [7, 11) is -0.545. The molecular formula is C18H22BNO4. The van der Waals surface area contributed by atoms with Crippen LogP contribution in [-0.4, -0.2) is 29.0 Å². The average molecular weight is 327 g/mol. The van der Waals surface area contributed by atoms with E-state index in [1.807, 2.05) is 46.8 Å². The fourth-order valence-corrected chi connectivity index (χ4v) is 2.90. The molecule has 5 nitrogen and oxygen atoms in total. The summed E-state index contributed by atoms with van der Waals surface area (Å²) in [6.07, 6.45) is 3.06. The van der Waals surface area contributed by atoms with Gasteiger partial charge in [0.2, 0.25) is 0 Å². The second-order valence-electron chi connectivity index (χ2n) is 7.21. The first-order valence-electron chi connectivity index (χ1n) is 8.19. The van der Waals surface area contributed by atoms with Gasteiger partial charge in [0, 0.05) is 6.20 Å². The molecule has 0 spiro atoms. The molecule has 0 N–H and O–H groups in total. The molecule has 1 fully saturated rings. The molecule has 1 saturated heterocycles. The van der Waals surface area contributed by atoms with E-state index in [1.165, 1.54) is 4.40 Å². The Hall–Kier alpha value is -1.92. The topological polar surface area (TPSA) is 57.0 Å². The van der Waals surface area contributed by atoms with Crippen LogP contribution in [-0.2, 0) is 15.7 Å². The Morgan fingerprint density at radius 3 is 2.33 bits per heavy atom. The van der Waals surface area contributed by atoms with Gasteiger partial charge in [-0.3, -0.25) is 14.0 Å². The first-order valence-corrected chi connectivity index (χ1v) is 8.19. The molecule has 1 aliphatic rings. The first kappa shape index (κ1) is 16.9. The third-order valence-electron chi connectivity index (χ3n) is 5.13. The Bertz CT molecular complexity index is 853. The highest BCUT2D eigenvalue weighted by atomic mass is 16.7. The molecule has 2 aromatic heterocycles. The molecule has 0 saturated carbocycles. The number of aldehydes is 1. The highest BCUT2D eigenvalue weighted by Gasteiger charge is 2.51. The summed E-state index contributed by atoms with van der Waals surface area (Å²) in [4.78, 5) is 23.7. The molecule has 6 heteroatoms. The highest BCUT2D eigenvalue weighted by Crippen LogP contribution is 2.36. The molecule has 0 bridgehead atoms. The number of hydrogen-bond donors (Lipinski definition) is 0. The molecule has 0 aliphatic carbocycles. The monoisotopic (exact) mass is 327 g/mol. The summed E-state index contributed by atoms with van der Waals surface area (Å²) in [6.45, 7) is 9.94. The smallest absolute Gasteiger partial charge is 0.399 e. The molecule has 0 unspecified atom stereocenters. The van der Waals surface area contributed by atoms with Crippen LogP contribution in [0.2, 0.25) is 0 Å². The predicted octanol–water partition coefficient (Wildman–Crippen LogP) is 1.97. The lowest BCUT2D eigenvalue weighted by Gasteiger charge is -2.32. The Labute approximate surface area is 141 Å². The van der Waals surface area contributed by atoms with Crippen LogP contribution in [0, 0.1) is 0 Å². The van der Waals surface area contributed by atoms with Crippen molar-refractivity contribution < 1.29 is 14.1 Å². The lowest BCUT2D eigenvalue weighted by Crippen LogP contribution is -2.41. The van der Waals surface area contributed by atoms with Gasteiger partial charge >= 0.3 is 7.12 Å². The molecule has 2 aromatic rings. The van der Waals surface area contributed by atoms with Crippen molar-refractivity contribution in [1.82, 2.24) is 4.40 Å². The van der Waals surface area contributed by atoms with Crippen molar-refractivity contribution in [1.29, 1.82) is 0 Å². The zero-order valence-corrected chi connectivity index (χ0v) is 14.8. The van der Waals surface area contributed by atoms with Crippen LogP contribution in [0.5, 0.6) is 0 Å². The fraction of sp³-hybridized carbons (Fsp3) is 0.444. The summed E-state index contributed by atoms with van der Waals surface area (Å²) in [5, 5.41) is 0. The number of hydrogen-bond acceptors (Lipinski definition) is 4. The summed E-state index contributed by atoms with van der Waals surface area (Å²) >= 11 is 0. The molecule has 0 atom stereocenters. The van der Waals surface area contributed by atoms with E-state index in [9.17, 15) is 9.59 Å². The van der Waals surface area contributed by atoms with Crippen molar-refractivity contribution in [3.05, 3.63) is 45.9 Å². The molecule has 0 aromatic carbocycles. The molecule has 0 radical (unpaired) electrons. The van der Waals surface area contributed by atoms with Crippen molar-refractivity contribution >= 4 is 24.4 Å². The number of aromatic nitrogens is 1. The van der Waals surface area contributed by atoms with Crippen LogP contribution in [0.25, 0.3) is 5.52 Å². The van der Waals surface area contributed by atoms with Crippen LogP contribution in [0.1, 0.15) is 50.5 Å². The second-order valence-corrected chi connectivity index (χ2v) is 7.21. The Morgan fingerprint density at radius 2 is 1.79 bits per heavy atom. The van der Waals surface area contributed by atoms with Crippen molar-refractivity contribution in [2.45, 2.75) is 52.2 Å². The number of nitrogens with zero attached hydrogens (tertiary/aromatic N) is 1. The normalized spacial score (nSPS) is 19.0. The van der Waals surface area contributed by atoms with E-state index in [0.717, 1.165) is 23.0 Å². The van der Waals surface area contributed by atoms with Gasteiger partial charge in [0.1, 0.15) is 0 Å². The summed E-state index contributed by atoms with van der Waals surface area (Å²) in [5.41, 5.74) is 1.46. The van der Waals surface area contributed by atoms with Gasteiger partial charge in [-0.25, -0.2) is 0 Å². The molecule has 3 rings (SSSR count). The summed E-state index contributed by atoms with van der Waals surface area (Å²) in [6, 6.07) is 5.46. The summed E-state index contributed by atoms with van der Waals surface area (Å²) < 4.78 is 13.6. The minimum atomic E-state index is -0.545. The third-order valence-corrected chi connectivity index (χ3v) is 5.13. The quantitative estimate of drug-likeness (QED) is 0.639. The fourth-order valence-electron chi connectivity index (χ4n) is 2.90. The van der Waals surface area contributed by atoms with Crippen LogP contribution in [0.3, 0.4) is 0 Å². The number of carbonyl (C=O) groups is 1. The predicted molar refractivity (Wildman–Crippen MR) is 94.1 cm³/mol. The lowest BCUT2D eigenvalue weighted by atomic mass is 9.80. The van der Waals surface area contributed by atoms with Gasteiger partial charge in [-0.15, -0.1) is 0 Å². The van der Waals surface area contributed by atoms with Crippen LogP contribution < -0.4 is 11.0 Å². The van der Waals surface area contributed by atoms with Crippen LogP contribution in [0.4, 0.5) is 0 Å². The zero-order chi connectivity index (χ0) is 17.7.